The van der Waals surface area contributed by atoms with Crippen LogP contribution < -0.4 is 11.1 Å². The molecule has 0 aliphatic rings. The molecule has 0 aliphatic heterocycles. The summed E-state index contributed by atoms with van der Waals surface area (Å²) < 4.78 is 0. The van der Waals surface area contributed by atoms with Gasteiger partial charge in [-0.05, 0) is 23.6 Å². The van der Waals surface area contributed by atoms with E-state index in [1.165, 1.54) is 0 Å². The van der Waals surface area contributed by atoms with Crippen molar-refractivity contribution in [3.05, 3.63) is 29.8 Å². The molecular weight excluding hydrogens is 226 g/mol. The molecule has 0 bridgehead atoms. The molecule has 0 fully saturated rings. The quantitative estimate of drug-likeness (QED) is 0.833. The van der Waals surface area contributed by atoms with Crippen molar-refractivity contribution < 1.29 is 4.79 Å². The van der Waals surface area contributed by atoms with Crippen molar-refractivity contribution in [1.82, 2.24) is 0 Å². The lowest BCUT2D eigenvalue weighted by Gasteiger charge is -2.17. The SMILES string of the molecule is CCC(C)C(N)C(=O)Nc1ccc(CC#N)cc1. The van der Waals surface area contributed by atoms with Crippen LogP contribution in [-0.4, -0.2) is 11.9 Å². The number of nitrogens with two attached hydrogens (primary N) is 1. The van der Waals surface area contributed by atoms with Crippen molar-refractivity contribution in [2.24, 2.45) is 11.7 Å². The number of benzene rings is 1. The number of carbonyl (C=O) groups is 1. The van der Waals surface area contributed by atoms with Crippen LogP contribution in [0.2, 0.25) is 0 Å². The molecule has 3 N–H and O–H groups in total. The van der Waals surface area contributed by atoms with Gasteiger partial charge in [0.1, 0.15) is 0 Å². The van der Waals surface area contributed by atoms with E-state index in [1.807, 2.05) is 26.0 Å². The smallest absolute Gasteiger partial charge is 0.241 e. The highest BCUT2D eigenvalue weighted by Crippen LogP contribution is 2.12. The molecule has 4 heteroatoms. The van der Waals surface area contributed by atoms with Crippen molar-refractivity contribution in [2.75, 3.05) is 5.32 Å². The molecule has 0 spiro atoms. The van der Waals surface area contributed by atoms with E-state index in [-0.39, 0.29) is 11.8 Å². The zero-order valence-electron chi connectivity index (χ0n) is 10.8. The van der Waals surface area contributed by atoms with Crippen LogP contribution in [0.1, 0.15) is 25.8 Å². The highest BCUT2D eigenvalue weighted by molar-refractivity contribution is 5.94. The highest BCUT2D eigenvalue weighted by atomic mass is 16.2. The fourth-order valence-corrected chi connectivity index (χ4v) is 1.54. The zero-order valence-corrected chi connectivity index (χ0v) is 10.8. The minimum absolute atomic E-state index is 0.155. The lowest BCUT2D eigenvalue weighted by Crippen LogP contribution is -2.40. The number of anilines is 1. The standard InChI is InChI=1S/C14H19N3O/c1-3-10(2)13(16)14(18)17-12-6-4-11(5-7-12)8-9-15/h4-7,10,13H,3,8,16H2,1-2H3,(H,17,18). The van der Waals surface area contributed by atoms with E-state index in [9.17, 15) is 4.79 Å². The number of carbonyl (C=O) groups excluding carboxylic acids is 1. The van der Waals surface area contributed by atoms with E-state index in [2.05, 4.69) is 11.4 Å². The second-order valence-electron chi connectivity index (χ2n) is 4.43. The Labute approximate surface area is 108 Å². The molecule has 0 radical (unpaired) electrons. The third kappa shape index (κ3) is 3.86. The van der Waals surface area contributed by atoms with Crippen molar-refractivity contribution >= 4 is 11.6 Å². The Balaban J connectivity index is 2.62. The van der Waals surface area contributed by atoms with Crippen molar-refractivity contribution in [3.63, 3.8) is 0 Å². The molecule has 96 valence electrons. The van der Waals surface area contributed by atoms with Crippen LogP contribution in [0.5, 0.6) is 0 Å². The second kappa shape index (κ2) is 6.77. The predicted molar refractivity (Wildman–Crippen MR) is 71.8 cm³/mol. The van der Waals surface area contributed by atoms with Gasteiger partial charge in [0.05, 0.1) is 18.5 Å². The number of hydrogen-bond donors (Lipinski definition) is 2. The van der Waals surface area contributed by atoms with Crippen LogP contribution in [0.25, 0.3) is 0 Å². The summed E-state index contributed by atoms with van der Waals surface area (Å²) in [7, 11) is 0. The summed E-state index contributed by atoms with van der Waals surface area (Å²) in [6, 6.07) is 8.81. The van der Waals surface area contributed by atoms with Gasteiger partial charge in [-0.15, -0.1) is 0 Å². The summed E-state index contributed by atoms with van der Waals surface area (Å²) in [6.07, 6.45) is 1.25. The fourth-order valence-electron chi connectivity index (χ4n) is 1.54. The van der Waals surface area contributed by atoms with Gasteiger partial charge < -0.3 is 11.1 Å². The van der Waals surface area contributed by atoms with Gasteiger partial charge in [0.15, 0.2) is 0 Å². The maximum absolute atomic E-state index is 11.8. The first-order valence-electron chi connectivity index (χ1n) is 6.10. The first-order chi connectivity index (χ1) is 8.58. The molecule has 1 amide bonds. The number of amides is 1. The third-order valence-electron chi connectivity index (χ3n) is 3.06. The average Bonchev–Trinajstić information content (AvgIpc) is 2.39. The fraction of sp³-hybridized carbons (Fsp3) is 0.429. The first kappa shape index (κ1) is 14.2. The number of hydrogen-bond acceptors (Lipinski definition) is 3. The Hall–Kier alpha value is -1.86. The second-order valence-corrected chi connectivity index (χ2v) is 4.43. The third-order valence-corrected chi connectivity index (χ3v) is 3.06. The minimum Gasteiger partial charge on any atom is -0.325 e. The first-order valence-corrected chi connectivity index (χ1v) is 6.10. The lowest BCUT2D eigenvalue weighted by molar-refractivity contribution is -0.118. The normalized spacial score (nSPS) is 13.4. The zero-order chi connectivity index (χ0) is 13.5. The molecule has 2 atom stereocenters. The molecule has 1 aromatic carbocycles. The Morgan fingerprint density at radius 3 is 2.56 bits per heavy atom. The summed E-state index contributed by atoms with van der Waals surface area (Å²) in [5, 5.41) is 11.3. The van der Waals surface area contributed by atoms with Gasteiger partial charge in [-0.25, -0.2) is 0 Å². The molecular formula is C14H19N3O. The molecule has 0 aliphatic carbocycles. The van der Waals surface area contributed by atoms with Gasteiger partial charge in [-0.2, -0.15) is 5.26 Å². The topological polar surface area (TPSA) is 78.9 Å². The molecule has 2 unspecified atom stereocenters. The van der Waals surface area contributed by atoms with Crippen molar-refractivity contribution in [2.45, 2.75) is 32.7 Å². The highest BCUT2D eigenvalue weighted by Gasteiger charge is 2.19. The summed E-state index contributed by atoms with van der Waals surface area (Å²) >= 11 is 0. The van der Waals surface area contributed by atoms with Gasteiger partial charge in [-0.3, -0.25) is 4.79 Å². The maximum Gasteiger partial charge on any atom is 0.241 e. The Bertz CT molecular complexity index is 433. The van der Waals surface area contributed by atoms with Gasteiger partial charge in [0, 0.05) is 5.69 Å². The van der Waals surface area contributed by atoms with Crippen molar-refractivity contribution in [1.29, 1.82) is 5.26 Å². The lowest BCUT2D eigenvalue weighted by atomic mass is 9.99. The summed E-state index contributed by atoms with van der Waals surface area (Å²) in [4.78, 5) is 11.8. The number of rotatable bonds is 5. The Kier molecular flexibility index (Phi) is 5.34. The van der Waals surface area contributed by atoms with Crippen LogP contribution in [0.4, 0.5) is 5.69 Å². The number of nitrogens with one attached hydrogen (secondary N) is 1. The van der Waals surface area contributed by atoms with Crippen molar-refractivity contribution in [3.8, 4) is 6.07 Å². The molecule has 0 heterocycles. The van der Waals surface area contributed by atoms with Crippen LogP contribution in [0.15, 0.2) is 24.3 Å². The number of nitrogens with zero attached hydrogens (tertiary/aromatic N) is 1. The Morgan fingerprint density at radius 2 is 2.06 bits per heavy atom. The molecule has 0 saturated carbocycles. The molecule has 0 aromatic heterocycles. The molecule has 1 rings (SSSR count). The molecule has 4 nitrogen and oxygen atoms in total. The largest absolute Gasteiger partial charge is 0.325 e. The molecule has 1 aromatic rings. The summed E-state index contributed by atoms with van der Waals surface area (Å²) in [5.74, 6) is -0.0137. The van der Waals surface area contributed by atoms with E-state index >= 15 is 0 Å². The van der Waals surface area contributed by atoms with E-state index in [4.69, 9.17) is 11.0 Å². The van der Waals surface area contributed by atoms with E-state index in [1.54, 1.807) is 12.1 Å². The van der Waals surface area contributed by atoms with E-state index in [0.29, 0.717) is 12.1 Å². The monoisotopic (exact) mass is 245 g/mol. The molecule has 0 saturated heterocycles. The van der Waals surface area contributed by atoms with Gasteiger partial charge in [0.25, 0.3) is 0 Å². The van der Waals surface area contributed by atoms with Crippen LogP contribution >= 0.6 is 0 Å². The maximum atomic E-state index is 11.8. The van der Waals surface area contributed by atoms with Gasteiger partial charge >= 0.3 is 0 Å². The predicted octanol–water partition coefficient (Wildman–Crippen LogP) is 2.06. The van der Waals surface area contributed by atoms with Crippen LogP contribution in [0.3, 0.4) is 0 Å². The minimum atomic E-state index is -0.492. The van der Waals surface area contributed by atoms with E-state index < -0.39 is 6.04 Å². The number of nitriles is 1. The Morgan fingerprint density at radius 1 is 1.44 bits per heavy atom. The van der Waals surface area contributed by atoms with Gasteiger partial charge in [-0.1, -0.05) is 32.4 Å². The van der Waals surface area contributed by atoms with Crippen LogP contribution in [-0.2, 0) is 11.2 Å². The van der Waals surface area contributed by atoms with Gasteiger partial charge in [0.2, 0.25) is 5.91 Å². The average molecular weight is 245 g/mol. The molecule has 18 heavy (non-hydrogen) atoms. The van der Waals surface area contributed by atoms with E-state index in [0.717, 1.165) is 12.0 Å². The van der Waals surface area contributed by atoms with Crippen LogP contribution in [0, 0.1) is 17.2 Å². The summed E-state index contributed by atoms with van der Waals surface area (Å²) in [6.45, 7) is 3.97. The summed E-state index contributed by atoms with van der Waals surface area (Å²) in [5.41, 5.74) is 7.48.